The standard InChI is InChI=1S/C9H18NO3S/c1-2-3-4-5-6-7-8-14(12,13)10-9-11/h2-8H2,1H3,(H,10,11). The molecule has 0 unspecified atom stereocenters. The van der Waals surface area contributed by atoms with Crippen LogP contribution < -0.4 is 4.72 Å². The van der Waals surface area contributed by atoms with Gasteiger partial charge in [-0.25, -0.2) is 13.1 Å². The Morgan fingerprint density at radius 1 is 1.07 bits per heavy atom. The summed E-state index contributed by atoms with van der Waals surface area (Å²) in [6.45, 7) is 2.13. The first-order chi connectivity index (χ1) is 6.62. The molecule has 0 aliphatic carbocycles. The van der Waals surface area contributed by atoms with Crippen LogP contribution in [0.25, 0.3) is 0 Å². The van der Waals surface area contributed by atoms with Gasteiger partial charge < -0.3 is 0 Å². The molecule has 0 aromatic heterocycles. The number of hydrogen-bond donors (Lipinski definition) is 1. The minimum atomic E-state index is -3.40. The Kier molecular flexibility index (Phi) is 7.47. The highest BCUT2D eigenvalue weighted by Gasteiger charge is 2.07. The van der Waals surface area contributed by atoms with E-state index >= 15 is 0 Å². The largest absolute Gasteiger partial charge is 0.323 e. The number of hydrogen-bond acceptors (Lipinski definition) is 3. The van der Waals surface area contributed by atoms with Crippen LogP contribution in [0.3, 0.4) is 0 Å². The van der Waals surface area contributed by atoms with Crippen LogP contribution in [0, 0.1) is 0 Å². The van der Waals surface area contributed by atoms with Crippen molar-refractivity contribution in [3.05, 3.63) is 0 Å². The maximum Gasteiger partial charge on any atom is 0.323 e. The van der Waals surface area contributed by atoms with E-state index in [2.05, 4.69) is 6.92 Å². The van der Waals surface area contributed by atoms with Gasteiger partial charge in [-0.15, -0.1) is 0 Å². The number of amides is 1. The highest BCUT2D eigenvalue weighted by atomic mass is 32.2. The van der Waals surface area contributed by atoms with Crippen molar-refractivity contribution in [3.8, 4) is 0 Å². The van der Waals surface area contributed by atoms with Gasteiger partial charge in [-0.05, 0) is 6.42 Å². The van der Waals surface area contributed by atoms with E-state index in [-0.39, 0.29) is 5.75 Å². The molecule has 0 aliphatic heterocycles. The summed E-state index contributed by atoms with van der Waals surface area (Å²) in [5, 5.41) is 0. The van der Waals surface area contributed by atoms with E-state index in [9.17, 15) is 13.2 Å². The van der Waals surface area contributed by atoms with Crippen LogP contribution in [0.1, 0.15) is 45.4 Å². The monoisotopic (exact) mass is 220 g/mol. The molecule has 4 nitrogen and oxygen atoms in total. The molecule has 0 fully saturated rings. The molecule has 0 bridgehead atoms. The Labute approximate surface area is 86.1 Å². The Hall–Kier alpha value is -0.580. The van der Waals surface area contributed by atoms with Gasteiger partial charge in [0.2, 0.25) is 10.0 Å². The van der Waals surface area contributed by atoms with Crippen molar-refractivity contribution in [2.75, 3.05) is 5.75 Å². The molecule has 1 N–H and O–H groups in total. The highest BCUT2D eigenvalue weighted by Crippen LogP contribution is 2.05. The quantitative estimate of drug-likeness (QED) is 0.471. The predicted octanol–water partition coefficient (Wildman–Crippen LogP) is 1.33. The summed E-state index contributed by atoms with van der Waals surface area (Å²) in [6.07, 6.45) is 7.30. The van der Waals surface area contributed by atoms with Gasteiger partial charge in [0.15, 0.2) is 0 Å². The summed E-state index contributed by atoms with van der Waals surface area (Å²) < 4.78 is 23.6. The Morgan fingerprint density at radius 3 is 2.21 bits per heavy atom. The maximum absolute atomic E-state index is 10.9. The molecule has 14 heavy (non-hydrogen) atoms. The first kappa shape index (κ1) is 13.4. The van der Waals surface area contributed by atoms with E-state index in [1.807, 2.05) is 0 Å². The van der Waals surface area contributed by atoms with Crippen LogP contribution in [-0.4, -0.2) is 20.6 Å². The summed E-state index contributed by atoms with van der Waals surface area (Å²) in [5.74, 6) is 0.0222. The van der Waals surface area contributed by atoms with Gasteiger partial charge in [-0.2, -0.15) is 0 Å². The number of carbonyl (C=O) groups excluding carboxylic acids is 1. The lowest BCUT2D eigenvalue weighted by Gasteiger charge is -2.01. The van der Waals surface area contributed by atoms with Crippen LogP contribution >= 0.6 is 0 Å². The average molecular weight is 220 g/mol. The molecule has 1 amide bonds. The van der Waals surface area contributed by atoms with Gasteiger partial charge in [0, 0.05) is 0 Å². The summed E-state index contributed by atoms with van der Waals surface area (Å²) in [6, 6.07) is 0. The van der Waals surface area contributed by atoms with Crippen LogP contribution in [-0.2, 0) is 14.8 Å². The summed E-state index contributed by atoms with van der Waals surface area (Å²) in [4.78, 5) is 9.78. The van der Waals surface area contributed by atoms with Crippen molar-refractivity contribution >= 4 is 16.4 Å². The van der Waals surface area contributed by atoms with E-state index in [1.54, 1.807) is 4.72 Å². The van der Waals surface area contributed by atoms with Crippen molar-refractivity contribution in [1.29, 1.82) is 0 Å². The predicted molar refractivity (Wildman–Crippen MR) is 56.0 cm³/mol. The molecular weight excluding hydrogens is 202 g/mol. The fraction of sp³-hybridized carbons (Fsp3) is 0.889. The average Bonchev–Trinajstić information content (AvgIpc) is 2.11. The normalized spacial score (nSPS) is 11.2. The lowest BCUT2D eigenvalue weighted by atomic mass is 10.1. The zero-order valence-corrected chi connectivity index (χ0v) is 9.40. The number of sulfonamides is 1. The molecule has 0 heterocycles. The molecular formula is C9H18NO3S. The number of rotatable bonds is 9. The van der Waals surface area contributed by atoms with Crippen molar-refractivity contribution in [3.63, 3.8) is 0 Å². The second kappa shape index (κ2) is 7.79. The van der Waals surface area contributed by atoms with Crippen LogP contribution in [0.5, 0.6) is 0 Å². The smallest absolute Gasteiger partial charge is 0.263 e. The van der Waals surface area contributed by atoms with E-state index in [1.165, 1.54) is 19.3 Å². The molecule has 0 spiro atoms. The van der Waals surface area contributed by atoms with E-state index in [0.29, 0.717) is 6.42 Å². The van der Waals surface area contributed by atoms with Gasteiger partial charge in [0.25, 0.3) is 0 Å². The molecule has 1 radical (unpaired) electrons. The molecule has 0 aromatic carbocycles. The third kappa shape index (κ3) is 8.04. The minimum Gasteiger partial charge on any atom is -0.263 e. The zero-order valence-electron chi connectivity index (χ0n) is 8.58. The van der Waals surface area contributed by atoms with Crippen molar-refractivity contribution in [2.24, 2.45) is 0 Å². The van der Waals surface area contributed by atoms with Crippen molar-refractivity contribution in [2.45, 2.75) is 45.4 Å². The second-order valence-electron chi connectivity index (χ2n) is 3.29. The van der Waals surface area contributed by atoms with E-state index in [4.69, 9.17) is 0 Å². The maximum atomic E-state index is 10.9. The first-order valence-electron chi connectivity index (χ1n) is 4.99. The van der Waals surface area contributed by atoms with Gasteiger partial charge in [-0.1, -0.05) is 39.0 Å². The molecule has 0 rings (SSSR count). The third-order valence-corrected chi connectivity index (χ3v) is 3.18. The van der Waals surface area contributed by atoms with Gasteiger partial charge in [-0.3, -0.25) is 4.79 Å². The molecule has 0 saturated carbocycles. The highest BCUT2D eigenvalue weighted by molar-refractivity contribution is 7.89. The SMILES string of the molecule is CCCCCCCCS(=O)(=O)N[C]=O. The Morgan fingerprint density at radius 2 is 1.64 bits per heavy atom. The second-order valence-corrected chi connectivity index (χ2v) is 5.13. The topological polar surface area (TPSA) is 63.2 Å². The van der Waals surface area contributed by atoms with E-state index < -0.39 is 10.0 Å². The Bertz CT molecular complexity index is 236. The van der Waals surface area contributed by atoms with Crippen LogP contribution in [0.2, 0.25) is 0 Å². The summed E-state index contributed by atoms with van der Waals surface area (Å²) >= 11 is 0. The van der Waals surface area contributed by atoms with Crippen LogP contribution in [0.4, 0.5) is 0 Å². The van der Waals surface area contributed by atoms with Gasteiger partial charge in [0.1, 0.15) is 0 Å². The molecule has 83 valence electrons. The van der Waals surface area contributed by atoms with E-state index in [0.717, 1.165) is 19.3 Å². The molecule has 0 aliphatic rings. The zero-order chi connectivity index (χ0) is 10.9. The van der Waals surface area contributed by atoms with Gasteiger partial charge in [0.05, 0.1) is 5.75 Å². The molecule has 0 saturated heterocycles. The molecule has 5 heteroatoms. The summed E-state index contributed by atoms with van der Waals surface area (Å²) in [5.41, 5.74) is 0. The molecule has 0 atom stereocenters. The lowest BCUT2D eigenvalue weighted by Crippen LogP contribution is -2.24. The summed E-state index contributed by atoms with van der Waals surface area (Å²) in [7, 11) is -3.40. The fourth-order valence-corrected chi connectivity index (χ4v) is 2.00. The fourth-order valence-electron chi connectivity index (χ4n) is 1.19. The van der Waals surface area contributed by atoms with Crippen molar-refractivity contribution in [1.82, 2.24) is 4.72 Å². The number of nitrogens with one attached hydrogen (secondary N) is 1. The minimum absolute atomic E-state index is 0.0222. The number of unbranched alkanes of at least 4 members (excludes halogenated alkanes) is 5. The molecule has 0 aromatic rings. The van der Waals surface area contributed by atoms with Crippen LogP contribution in [0.15, 0.2) is 0 Å². The van der Waals surface area contributed by atoms with Crippen molar-refractivity contribution < 1.29 is 13.2 Å². The lowest BCUT2D eigenvalue weighted by molar-refractivity contribution is 0.545. The van der Waals surface area contributed by atoms with Gasteiger partial charge >= 0.3 is 6.41 Å². The third-order valence-electron chi connectivity index (χ3n) is 1.96. The Balaban J connectivity index is 3.40. The first-order valence-corrected chi connectivity index (χ1v) is 6.64.